The Balaban J connectivity index is 2.33. The van der Waals surface area contributed by atoms with E-state index >= 15 is 0 Å². The Morgan fingerprint density at radius 1 is 1.25 bits per heavy atom. The molecule has 0 fully saturated rings. The summed E-state index contributed by atoms with van der Waals surface area (Å²) in [6, 6.07) is 10.6. The summed E-state index contributed by atoms with van der Waals surface area (Å²) in [7, 11) is 0. The zero-order valence-electron chi connectivity index (χ0n) is 11.3. The lowest BCUT2D eigenvalue weighted by molar-refractivity contribution is 0.338. The van der Waals surface area contributed by atoms with Gasteiger partial charge in [0.2, 0.25) is 0 Å². The SMILES string of the molecule is CCOc1ccc(C(Cl)c2ccc(C)cc2F)cc1Br. The largest absolute Gasteiger partial charge is 0.493 e. The summed E-state index contributed by atoms with van der Waals surface area (Å²) in [6.07, 6.45) is 0. The maximum absolute atomic E-state index is 14.0. The van der Waals surface area contributed by atoms with E-state index in [-0.39, 0.29) is 5.82 Å². The van der Waals surface area contributed by atoms with Crippen molar-refractivity contribution >= 4 is 27.5 Å². The number of halogens is 3. The third-order valence-corrected chi connectivity index (χ3v) is 4.08. The highest BCUT2D eigenvalue weighted by molar-refractivity contribution is 9.10. The molecule has 2 rings (SSSR count). The van der Waals surface area contributed by atoms with Gasteiger partial charge in [-0.05, 0) is 59.1 Å². The van der Waals surface area contributed by atoms with Crippen LogP contribution in [-0.2, 0) is 0 Å². The predicted molar refractivity (Wildman–Crippen MR) is 84.1 cm³/mol. The molecule has 0 spiro atoms. The first-order chi connectivity index (χ1) is 9.52. The van der Waals surface area contributed by atoms with Crippen molar-refractivity contribution in [2.45, 2.75) is 19.2 Å². The van der Waals surface area contributed by atoms with Crippen molar-refractivity contribution in [3.05, 3.63) is 63.4 Å². The van der Waals surface area contributed by atoms with Gasteiger partial charge in [0.05, 0.1) is 16.5 Å². The molecule has 0 bridgehead atoms. The Hall–Kier alpha value is -1.06. The minimum Gasteiger partial charge on any atom is -0.493 e. The van der Waals surface area contributed by atoms with Gasteiger partial charge in [-0.15, -0.1) is 11.6 Å². The summed E-state index contributed by atoms with van der Waals surface area (Å²) in [6.45, 7) is 4.37. The van der Waals surface area contributed by atoms with Crippen LogP contribution in [-0.4, -0.2) is 6.61 Å². The van der Waals surface area contributed by atoms with Gasteiger partial charge in [-0.2, -0.15) is 0 Å². The van der Waals surface area contributed by atoms with Crippen molar-refractivity contribution in [2.24, 2.45) is 0 Å². The second-order valence-corrected chi connectivity index (χ2v) is 5.80. The van der Waals surface area contributed by atoms with Crippen LogP contribution in [0.1, 0.15) is 29.0 Å². The van der Waals surface area contributed by atoms with Crippen molar-refractivity contribution in [3.63, 3.8) is 0 Å². The minimum absolute atomic E-state index is 0.282. The van der Waals surface area contributed by atoms with Crippen molar-refractivity contribution in [2.75, 3.05) is 6.61 Å². The molecule has 106 valence electrons. The molecule has 0 saturated heterocycles. The van der Waals surface area contributed by atoms with Gasteiger partial charge in [0.15, 0.2) is 0 Å². The highest BCUT2D eigenvalue weighted by Crippen LogP contribution is 2.35. The number of hydrogen-bond donors (Lipinski definition) is 0. The van der Waals surface area contributed by atoms with E-state index in [1.54, 1.807) is 6.07 Å². The molecular formula is C16H15BrClFO. The molecule has 0 radical (unpaired) electrons. The van der Waals surface area contributed by atoms with E-state index in [1.807, 2.05) is 38.1 Å². The molecule has 0 heterocycles. The lowest BCUT2D eigenvalue weighted by atomic mass is 10.0. The van der Waals surface area contributed by atoms with Gasteiger partial charge in [0.1, 0.15) is 11.6 Å². The summed E-state index contributed by atoms with van der Waals surface area (Å²) >= 11 is 9.83. The third kappa shape index (κ3) is 3.33. The normalized spacial score (nSPS) is 12.2. The summed E-state index contributed by atoms with van der Waals surface area (Å²) in [5.74, 6) is 0.472. The number of aryl methyl sites for hydroxylation is 1. The fourth-order valence-corrected chi connectivity index (χ4v) is 2.79. The minimum atomic E-state index is -0.525. The fraction of sp³-hybridized carbons (Fsp3) is 0.250. The van der Waals surface area contributed by atoms with Crippen molar-refractivity contribution in [1.82, 2.24) is 0 Å². The first-order valence-electron chi connectivity index (χ1n) is 6.35. The van der Waals surface area contributed by atoms with Crippen LogP contribution in [0.4, 0.5) is 4.39 Å². The Bertz CT molecular complexity index is 615. The molecule has 0 aliphatic heterocycles. The zero-order valence-corrected chi connectivity index (χ0v) is 13.6. The number of hydrogen-bond acceptors (Lipinski definition) is 1. The molecule has 2 aromatic rings. The van der Waals surface area contributed by atoms with Crippen LogP contribution in [0.15, 0.2) is 40.9 Å². The van der Waals surface area contributed by atoms with Crippen LogP contribution < -0.4 is 4.74 Å². The van der Waals surface area contributed by atoms with Gasteiger partial charge in [0, 0.05) is 5.56 Å². The lowest BCUT2D eigenvalue weighted by Crippen LogP contribution is -1.99. The van der Waals surface area contributed by atoms with Crippen LogP contribution in [0.5, 0.6) is 5.75 Å². The molecule has 0 aliphatic carbocycles. The molecule has 0 N–H and O–H groups in total. The molecule has 0 amide bonds. The number of rotatable bonds is 4. The van der Waals surface area contributed by atoms with Gasteiger partial charge in [-0.25, -0.2) is 4.39 Å². The Morgan fingerprint density at radius 2 is 2.00 bits per heavy atom. The van der Waals surface area contributed by atoms with E-state index in [0.29, 0.717) is 12.2 Å². The molecule has 2 aromatic carbocycles. The highest BCUT2D eigenvalue weighted by atomic mass is 79.9. The molecular weight excluding hydrogens is 343 g/mol. The van der Waals surface area contributed by atoms with Gasteiger partial charge < -0.3 is 4.74 Å². The Labute approximate surface area is 131 Å². The van der Waals surface area contributed by atoms with Crippen LogP contribution >= 0.6 is 27.5 Å². The highest BCUT2D eigenvalue weighted by Gasteiger charge is 2.16. The van der Waals surface area contributed by atoms with E-state index < -0.39 is 5.38 Å². The van der Waals surface area contributed by atoms with Gasteiger partial charge >= 0.3 is 0 Å². The molecule has 0 saturated carbocycles. The maximum atomic E-state index is 14.0. The monoisotopic (exact) mass is 356 g/mol. The predicted octanol–water partition coefficient (Wildman–Crippen LogP) is 5.62. The van der Waals surface area contributed by atoms with Crippen molar-refractivity contribution in [3.8, 4) is 5.75 Å². The van der Waals surface area contributed by atoms with E-state index in [4.69, 9.17) is 16.3 Å². The van der Waals surface area contributed by atoms with E-state index in [9.17, 15) is 4.39 Å². The second kappa shape index (κ2) is 6.59. The van der Waals surface area contributed by atoms with Gasteiger partial charge in [-0.3, -0.25) is 0 Å². The Kier molecular flexibility index (Phi) is 5.06. The van der Waals surface area contributed by atoms with Crippen molar-refractivity contribution < 1.29 is 9.13 Å². The molecule has 20 heavy (non-hydrogen) atoms. The smallest absolute Gasteiger partial charge is 0.133 e. The molecule has 0 aromatic heterocycles. The van der Waals surface area contributed by atoms with Crippen LogP contribution in [0.2, 0.25) is 0 Å². The summed E-state index contributed by atoms with van der Waals surface area (Å²) in [4.78, 5) is 0. The molecule has 4 heteroatoms. The average Bonchev–Trinajstić information content (AvgIpc) is 2.40. The summed E-state index contributed by atoms with van der Waals surface area (Å²) < 4.78 is 20.2. The fourth-order valence-electron chi connectivity index (χ4n) is 1.96. The standard InChI is InChI=1S/C16H15BrClFO/c1-3-20-15-7-5-11(9-13(15)17)16(18)12-6-4-10(2)8-14(12)19/h4-9,16H,3H2,1-2H3. The zero-order chi connectivity index (χ0) is 14.7. The van der Waals surface area contributed by atoms with Crippen LogP contribution in [0.3, 0.4) is 0 Å². The molecule has 1 unspecified atom stereocenters. The van der Waals surface area contributed by atoms with Crippen LogP contribution in [0, 0.1) is 12.7 Å². The molecule has 0 aliphatic rings. The van der Waals surface area contributed by atoms with Crippen LogP contribution in [0.25, 0.3) is 0 Å². The Morgan fingerprint density at radius 3 is 2.60 bits per heavy atom. The summed E-state index contributed by atoms with van der Waals surface area (Å²) in [5, 5.41) is -0.525. The average molecular weight is 358 g/mol. The van der Waals surface area contributed by atoms with E-state index in [0.717, 1.165) is 21.3 Å². The van der Waals surface area contributed by atoms with E-state index in [2.05, 4.69) is 15.9 Å². The van der Waals surface area contributed by atoms with Gasteiger partial charge in [0.25, 0.3) is 0 Å². The number of alkyl halides is 1. The number of ether oxygens (including phenoxy) is 1. The molecule has 1 atom stereocenters. The first kappa shape index (κ1) is 15.3. The first-order valence-corrected chi connectivity index (χ1v) is 7.58. The van der Waals surface area contributed by atoms with Gasteiger partial charge in [-0.1, -0.05) is 18.2 Å². The second-order valence-electron chi connectivity index (χ2n) is 4.51. The van der Waals surface area contributed by atoms with Crippen molar-refractivity contribution in [1.29, 1.82) is 0 Å². The quantitative estimate of drug-likeness (QED) is 0.645. The summed E-state index contributed by atoms with van der Waals surface area (Å²) in [5.41, 5.74) is 2.18. The van der Waals surface area contributed by atoms with E-state index in [1.165, 1.54) is 6.07 Å². The third-order valence-electron chi connectivity index (χ3n) is 2.98. The maximum Gasteiger partial charge on any atom is 0.133 e. The lowest BCUT2D eigenvalue weighted by Gasteiger charge is -2.14. The topological polar surface area (TPSA) is 9.23 Å². The number of benzene rings is 2. The molecule has 1 nitrogen and oxygen atoms in total.